The van der Waals surface area contributed by atoms with E-state index in [1.807, 2.05) is 6.92 Å². The van der Waals surface area contributed by atoms with E-state index < -0.39 is 0 Å². The second-order valence-electron chi connectivity index (χ2n) is 2.71. The van der Waals surface area contributed by atoms with Crippen LogP contribution < -0.4 is 16.2 Å². The fourth-order valence-electron chi connectivity index (χ4n) is 0.833. The first-order valence-electron chi connectivity index (χ1n) is 4.22. The number of nitrogens with zero attached hydrogens (tertiary/aromatic N) is 2. The summed E-state index contributed by atoms with van der Waals surface area (Å²) in [7, 11) is 0. The molecule has 0 aliphatic carbocycles. The zero-order valence-corrected chi connectivity index (χ0v) is 7.86. The standard InChI is InChI=1S/C8H12N4O2/c1-2-3-6(13)14-7-5(9)4-11-8(10)12-7/h4H,2-3,9H2,1H3,(H2,10,11,12). The Morgan fingerprint density at radius 3 is 2.93 bits per heavy atom. The van der Waals surface area contributed by atoms with Crippen LogP contribution in [0, 0.1) is 0 Å². The number of nitrogens with two attached hydrogens (primary N) is 2. The molecule has 0 aliphatic heterocycles. The Hall–Kier alpha value is -1.85. The van der Waals surface area contributed by atoms with Crippen molar-refractivity contribution in [2.24, 2.45) is 0 Å². The van der Waals surface area contributed by atoms with Crippen molar-refractivity contribution in [3.63, 3.8) is 0 Å². The topological polar surface area (TPSA) is 104 Å². The van der Waals surface area contributed by atoms with E-state index in [9.17, 15) is 4.79 Å². The van der Waals surface area contributed by atoms with E-state index in [4.69, 9.17) is 16.2 Å². The predicted octanol–water partition coefficient (Wildman–Crippen LogP) is 0.347. The van der Waals surface area contributed by atoms with Gasteiger partial charge < -0.3 is 16.2 Å². The minimum atomic E-state index is -0.377. The van der Waals surface area contributed by atoms with Gasteiger partial charge in [0, 0.05) is 6.42 Å². The number of esters is 1. The number of anilines is 2. The molecular formula is C8H12N4O2. The Morgan fingerprint density at radius 1 is 1.57 bits per heavy atom. The van der Waals surface area contributed by atoms with Crippen LogP contribution in [-0.4, -0.2) is 15.9 Å². The molecule has 0 bridgehead atoms. The van der Waals surface area contributed by atoms with Gasteiger partial charge in [0.2, 0.25) is 5.95 Å². The summed E-state index contributed by atoms with van der Waals surface area (Å²) in [6.07, 6.45) is 2.33. The fourth-order valence-corrected chi connectivity index (χ4v) is 0.833. The van der Waals surface area contributed by atoms with Crippen LogP contribution >= 0.6 is 0 Å². The summed E-state index contributed by atoms with van der Waals surface area (Å²) < 4.78 is 4.87. The van der Waals surface area contributed by atoms with Crippen molar-refractivity contribution in [1.82, 2.24) is 9.97 Å². The Bertz CT molecular complexity index is 340. The van der Waals surface area contributed by atoms with Crippen molar-refractivity contribution in [2.75, 3.05) is 11.5 Å². The van der Waals surface area contributed by atoms with Crippen LogP contribution in [0.4, 0.5) is 11.6 Å². The lowest BCUT2D eigenvalue weighted by molar-refractivity contribution is -0.134. The van der Waals surface area contributed by atoms with Gasteiger partial charge in [0.1, 0.15) is 5.69 Å². The number of nitrogen functional groups attached to an aromatic ring is 2. The summed E-state index contributed by atoms with van der Waals surface area (Å²) in [5.41, 5.74) is 11.0. The Kier molecular flexibility index (Phi) is 3.22. The highest BCUT2D eigenvalue weighted by Gasteiger charge is 2.08. The zero-order valence-electron chi connectivity index (χ0n) is 7.86. The third kappa shape index (κ3) is 2.58. The third-order valence-electron chi connectivity index (χ3n) is 1.46. The van der Waals surface area contributed by atoms with Crippen molar-refractivity contribution in [2.45, 2.75) is 19.8 Å². The number of ether oxygens (including phenoxy) is 1. The second-order valence-corrected chi connectivity index (χ2v) is 2.71. The summed E-state index contributed by atoms with van der Waals surface area (Å²) in [5, 5.41) is 0. The average molecular weight is 196 g/mol. The summed E-state index contributed by atoms with van der Waals surface area (Å²) in [4.78, 5) is 18.4. The van der Waals surface area contributed by atoms with Gasteiger partial charge in [0.25, 0.3) is 5.88 Å². The molecule has 0 spiro atoms. The van der Waals surface area contributed by atoms with Crippen LogP contribution in [0.2, 0.25) is 0 Å². The molecule has 4 N–H and O–H groups in total. The quantitative estimate of drug-likeness (QED) is 0.676. The lowest BCUT2D eigenvalue weighted by atomic mass is 10.3. The van der Waals surface area contributed by atoms with Crippen molar-refractivity contribution >= 4 is 17.6 Å². The van der Waals surface area contributed by atoms with E-state index in [0.717, 1.165) is 0 Å². The average Bonchev–Trinajstić information content (AvgIpc) is 2.12. The predicted molar refractivity (Wildman–Crippen MR) is 51.4 cm³/mol. The van der Waals surface area contributed by atoms with Gasteiger partial charge >= 0.3 is 5.97 Å². The summed E-state index contributed by atoms with van der Waals surface area (Å²) in [5.74, 6) is -0.327. The van der Waals surface area contributed by atoms with Gasteiger partial charge in [0.05, 0.1) is 6.20 Å². The van der Waals surface area contributed by atoms with Crippen molar-refractivity contribution in [1.29, 1.82) is 0 Å². The maximum absolute atomic E-state index is 11.1. The van der Waals surface area contributed by atoms with Gasteiger partial charge in [0.15, 0.2) is 0 Å². The Morgan fingerprint density at radius 2 is 2.29 bits per heavy atom. The van der Waals surface area contributed by atoms with Crippen LogP contribution in [0.25, 0.3) is 0 Å². The van der Waals surface area contributed by atoms with Crippen molar-refractivity contribution < 1.29 is 9.53 Å². The summed E-state index contributed by atoms with van der Waals surface area (Å²) >= 11 is 0. The first-order valence-corrected chi connectivity index (χ1v) is 4.22. The van der Waals surface area contributed by atoms with Gasteiger partial charge in [-0.2, -0.15) is 4.98 Å². The maximum Gasteiger partial charge on any atom is 0.312 e. The smallest absolute Gasteiger partial charge is 0.312 e. The van der Waals surface area contributed by atoms with Crippen LogP contribution in [-0.2, 0) is 4.79 Å². The molecule has 0 saturated heterocycles. The van der Waals surface area contributed by atoms with Gasteiger partial charge in [-0.1, -0.05) is 6.92 Å². The van der Waals surface area contributed by atoms with Crippen LogP contribution in [0.3, 0.4) is 0 Å². The summed E-state index contributed by atoms with van der Waals surface area (Å²) in [6.45, 7) is 1.87. The van der Waals surface area contributed by atoms with E-state index in [1.165, 1.54) is 6.20 Å². The molecule has 1 aromatic heterocycles. The molecule has 6 nitrogen and oxygen atoms in total. The van der Waals surface area contributed by atoms with Gasteiger partial charge in [-0.05, 0) is 6.42 Å². The lowest BCUT2D eigenvalue weighted by Crippen LogP contribution is -2.11. The van der Waals surface area contributed by atoms with E-state index in [1.54, 1.807) is 0 Å². The monoisotopic (exact) mass is 196 g/mol. The molecule has 1 rings (SSSR count). The van der Waals surface area contributed by atoms with Crippen LogP contribution in [0.5, 0.6) is 5.88 Å². The number of aromatic nitrogens is 2. The molecule has 0 saturated carbocycles. The van der Waals surface area contributed by atoms with Gasteiger partial charge in [-0.25, -0.2) is 4.98 Å². The van der Waals surface area contributed by atoms with Crippen LogP contribution in [0.15, 0.2) is 6.20 Å². The first-order chi connectivity index (χ1) is 6.63. The first kappa shape index (κ1) is 10.2. The largest absolute Gasteiger partial charge is 0.405 e. The number of hydrogen-bond donors (Lipinski definition) is 2. The van der Waals surface area contributed by atoms with Gasteiger partial charge in [-0.3, -0.25) is 4.79 Å². The SMILES string of the molecule is CCCC(=O)Oc1nc(N)ncc1N. The third-order valence-corrected chi connectivity index (χ3v) is 1.46. The minimum Gasteiger partial charge on any atom is -0.405 e. The molecule has 1 heterocycles. The molecule has 0 aliphatic rings. The summed E-state index contributed by atoms with van der Waals surface area (Å²) in [6, 6.07) is 0. The lowest BCUT2D eigenvalue weighted by Gasteiger charge is -2.04. The maximum atomic E-state index is 11.1. The minimum absolute atomic E-state index is 0.0240. The molecule has 14 heavy (non-hydrogen) atoms. The van der Waals surface area contributed by atoms with E-state index in [0.29, 0.717) is 12.8 Å². The number of carbonyl (C=O) groups excluding carboxylic acids is 1. The Labute approximate surface area is 81.3 Å². The van der Waals surface area contributed by atoms with Crippen LogP contribution in [0.1, 0.15) is 19.8 Å². The van der Waals surface area contributed by atoms with Crippen molar-refractivity contribution in [3.8, 4) is 5.88 Å². The normalized spacial score (nSPS) is 9.79. The zero-order chi connectivity index (χ0) is 10.6. The molecule has 0 unspecified atom stereocenters. The highest BCUT2D eigenvalue weighted by molar-refractivity contribution is 5.73. The molecule has 1 aromatic rings. The molecule has 0 amide bonds. The molecule has 76 valence electrons. The van der Waals surface area contributed by atoms with E-state index in [2.05, 4.69) is 9.97 Å². The number of carbonyl (C=O) groups is 1. The molecule has 0 fully saturated rings. The van der Waals surface area contributed by atoms with Gasteiger partial charge in [-0.15, -0.1) is 0 Å². The van der Waals surface area contributed by atoms with E-state index >= 15 is 0 Å². The highest BCUT2D eigenvalue weighted by atomic mass is 16.5. The highest BCUT2D eigenvalue weighted by Crippen LogP contribution is 2.17. The van der Waals surface area contributed by atoms with Crippen molar-refractivity contribution in [3.05, 3.63) is 6.20 Å². The molecule has 0 atom stereocenters. The van der Waals surface area contributed by atoms with E-state index in [-0.39, 0.29) is 23.5 Å². The molecular weight excluding hydrogens is 184 g/mol. The molecule has 6 heteroatoms. The Balaban J connectivity index is 2.75. The molecule has 0 aromatic carbocycles. The molecule has 0 radical (unpaired) electrons. The number of rotatable bonds is 3. The number of hydrogen-bond acceptors (Lipinski definition) is 6. The second kappa shape index (κ2) is 4.40. The fraction of sp³-hybridized carbons (Fsp3) is 0.375.